The molecule has 1 aliphatic heterocycles. The molecule has 1 aliphatic rings. The third-order valence-electron chi connectivity index (χ3n) is 5.01. The Balaban J connectivity index is 1.31. The van der Waals surface area contributed by atoms with Gasteiger partial charge in [-0.15, -0.1) is 0 Å². The van der Waals surface area contributed by atoms with E-state index in [1.54, 1.807) is 35.4 Å². The van der Waals surface area contributed by atoms with E-state index in [9.17, 15) is 9.59 Å². The SMILES string of the molecule is O=C(CN1CCN(C(=O)Nc2ccc(Cl)cc2)CC1)c1c[nH]c2ccccc12. The Morgan fingerprint density at radius 3 is 2.46 bits per heavy atom. The van der Waals surface area contributed by atoms with Gasteiger partial charge < -0.3 is 15.2 Å². The second-order valence-corrected chi connectivity index (χ2v) is 7.31. The summed E-state index contributed by atoms with van der Waals surface area (Å²) in [5.41, 5.74) is 2.40. The summed E-state index contributed by atoms with van der Waals surface area (Å²) in [4.78, 5) is 32.1. The summed E-state index contributed by atoms with van der Waals surface area (Å²) in [5, 5.41) is 4.46. The van der Waals surface area contributed by atoms with Gasteiger partial charge in [-0.05, 0) is 30.3 Å². The third kappa shape index (κ3) is 4.03. The second-order valence-electron chi connectivity index (χ2n) is 6.87. The molecule has 0 unspecified atom stereocenters. The summed E-state index contributed by atoms with van der Waals surface area (Å²) >= 11 is 5.87. The molecule has 2 heterocycles. The van der Waals surface area contributed by atoms with Gasteiger partial charge in [-0.2, -0.15) is 0 Å². The summed E-state index contributed by atoms with van der Waals surface area (Å²) in [6.07, 6.45) is 1.78. The molecule has 7 heteroatoms. The van der Waals surface area contributed by atoms with Crippen LogP contribution in [0.2, 0.25) is 5.02 Å². The number of ketones is 1. The van der Waals surface area contributed by atoms with E-state index < -0.39 is 0 Å². The van der Waals surface area contributed by atoms with E-state index in [-0.39, 0.29) is 11.8 Å². The van der Waals surface area contributed by atoms with Crippen molar-refractivity contribution in [3.63, 3.8) is 0 Å². The monoisotopic (exact) mass is 396 g/mol. The molecular weight excluding hydrogens is 376 g/mol. The highest BCUT2D eigenvalue weighted by Crippen LogP contribution is 2.19. The Morgan fingerprint density at radius 2 is 1.71 bits per heavy atom. The van der Waals surface area contributed by atoms with Crippen molar-refractivity contribution in [1.82, 2.24) is 14.8 Å². The topological polar surface area (TPSA) is 68.4 Å². The number of hydrogen-bond acceptors (Lipinski definition) is 3. The number of carbonyl (C=O) groups is 2. The van der Waals surface area contributed by atoms with E-state index in [1.165, 1.54) is 0 Å². The number of halogens is 1. The van der Waals surface area contributed by atoms with Gasteiger partial charge in [0.15, 0.2) is 5.78 Å². The Hall–Kier alpha value is -2.83. The predicted molar refractivity (Wildman–Crippen MR) is 111 cm³/mol. The van der Waals surface area contributed by atoms with Crippen LogP contribution in [0.4, 0.5) is 10.5 Å². The lowest BCUT2D eigenvalue weighted by atomic mass is 10.1. The molecule has 0 atom stereocenters. The van der Waals surface area contributed by atoms with Crippen molar-refractivity contribution in [3.8, 4) is 0 Å². The number of anilines is 1. The number of amides is 2. The first kappa shape index (κ1) is 18.5. The molecule has 2 N–H and O–H groups in total. The lowest BCUT2D eigenvalue weighted by Gasteiger charge is -2.34. The highest BCUT2D eigenvalue weighted by Gasteiger charge is 2.23. The van der Waals surface area contributed by atoms with Crippen molar-refractivity contribution in [2.24, 2.45) is 0 Å². The first-order chi connectivity index (χ1) is 13.6. The number of carbonyl (C=O) groups excluding carboxylic acids is 2. The largest absolute Gasteiger partial charge is 0.360 e. The minimum absolute atomic E-state index is 0.0940. The molecule has 6 nitrogen and oxygen atoms in total. The zero-order valence-corrected chi connectivity index (χ0v) is 16.1. The van der Waals surface area contributed by atoms with Crippen LogP contribution in [-0.4, -0.2) is 59.3 Å². The van der Waals surface area contributed by atoms with Crippen LogP contribution in [0, 0.1) is 0 Å². The standard InChI is InChI=1S/C21H21ClN4O2/c22-15-5-7-16(8-6-15)24-21(28)26-11-9-25(10-12-26)14-20(27)18-13-23-19-4-2-1-3-17(18)19/h1-8,13,23H,9-12,14H2,(H,24,28). The Kier molecular flexibility index (Phi) is 5.32. The lowest BCUT2D eigenvalue weighted by molar-refractivity contribution is 0.0885. The first-order valence-corrected chi connectivity index (χ1v) is 9.61. The molecule has 3 aromatic rings. The van der Waals surface area contributed by atoms with E-state index in [1.807, 2.05) is 24.3 Å². The fourth-order valence-corrected chi connectivity index (χ4v) is 3.56. The number of benzene rings is 2. The number of aromatic nitrogens is 1. The van der Waals surface area contributed by atoms with Crippen LogP contribution < -0.4 is 5.32 Å². The molecule has 0 saturated carbocycles. The molecule has 1 aromatic heterocycles. The van der Waals surface area contributed by atoms with Crippen molar-refractivity contribution >= 4 is 40.0 Å². The maximum absolute atomic E-state index is 12.7. The van der Waals surface area contributed by atoms with Crippen LogP contribution in [-0.2, 0) is 0 Å². The maximum atomic E-state index is 12.7. The van der Waals surface area contributed by atoms with Crippen LogP contribution in [0.1, 0.15) is 10.4 Å². The van der Waals surface area contributed by atoms with Crippen LogP contribution in [0.25, 0.3) is 10.9 Å². The van der Waals surface area contributed by atoms with Crippen LogP contribution in [0.15, 0.2) is 54.7 Å². The molecule has 4 rings (SSSR count). The fourth-order valence-electron chi connectivity index (χ4n) is 3.44. The zero-order valence-electron chi connectivity index (χ0n) is 15.3. The fraction of sp³-hybridized carbons (Fsp3) is 0.238. The molecule has 2 aromatic carbocycles. The predicted octanol–water partition coefficient (Wildman–Crippen LogP) is 3.85. The number of H-pyrrole nitrogens is 1. The highest BCUT2D eigenvalue weighted by atomic mass is 35.5. The molecule has 1 fully saturated rings. The normalized spacial score (nSPS) is 15.0. The van der Waals surface area contributed by atoms with E-state index >= 15 is 0 Å². The number of nitrogens with zero attached hydrogens (tertiary/aromatic N) is 2. The van der Waals surface area contributed by atoms with E-state index in [0.29, 0.717) is 43.4 Å². The van der Waals surface area contributed by atoms with Gasteiger partial charge in [0.25, 0.3) is 0 Å². The maximum Gasteiger partial charge on any atom is 0.321 e. The molecule has 2 amide bonds. The molecule has 1 saturated heterocycles. The zero-order chi connectivity index (χ0) is 19.5. The van der Waals surface area contributed by atoms with Gasteiger partial charge in [0.05, 0.1) is 6.54 Å². The molecule has 0 radical (unpaired) electrons. The van der Waals surface area contributed by atoms with Crippen LogP contribution in [0.5, 0.6) is 0 Å². The van der Waals surface area contributed by atoms with Crippen LogP contribution in [0.3, 0.4) is 0 Å². The van der Waals surface area contributed by atoms with Gasteiger partial charge in [-0.3, -0.25) is 9.69 Å². The summed E-state index contributed by atoms with van der Waals surface area (Å²) in [6.45, 7) is 2.86. The van der Waals surface area contributed by atoms with Crippen molar-refractivity contribution in [2.45, 2.75) is 0 Å². The van der Waals surface area contributed by atoms with Crippen molar-refractivity contribution in [3.05, 3.63) is 65.3 Å². The van der Waals surface area contributed by atoms with Crippen molar-refractivity contribution < 1.29 is 9.59 Å². The lowest BCUT2D eigenvalue weighted by Crippen LogP contribution is -2.51. The Morgan fingerprint density at radius 1 is 1.00 bits per heavy atom. The minimum atomic E-state index is -0.134. The molecule has 0 spiro atoms. The van der Waals surface area contributed by atoms with Gasteiger partial charge in [0, 0.05) is 59.6 Å². The number of fused-ring (bicyclic) bond motifs is 1. The molecule has 28 heavy (non-hydrogen) atoms. The summed E-state index contributed by atoms with van der Waals surface area (Å²) in [5.74, 6) is 0.0940. The quantitative estimate of drug-likeness (QED) is 0.658. The number of urea groups is 1. The van der Waals surface area contributed by atoms with Crippen molar-refractivity contribution in [1.29, 1.82) is 0 Å². The number of aromatic amines is 1. The van der Waals surface area contributed by atoms with Gasteiger partial charge in [-0.25, -0.2) is 4.79 Å². The highest BCUT2D eigenvalue weighted by molar-refractivity contribution is 6.30. The summed E-state index contributed by atoms with van der Waals surface area (Å²) in [6, 6.07) is 14.7. The molecule has 0 aliphatic carbocycles. The number of Topliss-reactive ketones (excluding diaryl/α,β-unsaturated/α-hetero) is 1. The average molecular weight is 397 g/mol. The first-order valence-electron chi connectivity index (χ1n) is 9.23. The van der Waals surface area contributed by atoms with Gasteiger partial charge in [-0.1, -0.05) is 29.8 Å². The van der Waals surface area contributed by atoms with E-state index in [4.69, 9.17) is 11.6 Å². The van der Waals surface area contributed by atoms with Gasteiger partial charge in [0.1, 0.15) is 0 Å². The average Bonchev–Trinajstić information content (AvgIpc) is 3.14. The van der Waals surface area contributed by atoms with E-state index in [0.717, 1.165) is 16.5 Å². The Labute approximate surface area is 168 Å². The third-order valence-corrected chi connectivity index (χ3v) is 5.26. The number of para-hydroxylation sites is 1. The summed E-state index contributed by atoms with van der Waals surface area (Å²) in [7, 11) is 0. The van der Waals surface area contributed by atoms with Gasteiger partial charge in [0.2, 0.25) is 0 Å². The minimum Gasteiger partial charge on any atom is -0.360 e. The van der Waals surface area contributed by atoms with Gasteiger partial charge >= 0.3 is 6.03 Å². The number of rotatable bonds is 4. The molecule has 0 bridgehead atoms. The number of piperazine rings is 1. The number of hydrogen-bond donors (Lipinski definition) is 2. The van der Waals surface area contributed by atoms with Crippen molar-refractivity contribution in [2.75, 3.05) is 38.0 Å². The second kappa shape index (κ2) is 8.04. The number of nitrogens with one attached hydrogen (secondary N) is 2. The van der Waals surface area contributed by atoms with E-state index in [2.05, 4.69) is 15.2 Å². The Bertz CT molecular complexity index is 991. The van der Waals surface area contributed by atoms with Crippen LogP contribution >= 0.6 is 11.6 Å². The summed E-state index contributed by atoms with van der Waals surface area (Å²) < 4.78 is 0. The molecular formula is C21H21ClN4O2. The molecule has 144 valence electrons. The smallest absolute Gasteiger partial charge is 0.321 e.